The Kier molecular flexibility index (Phi) is 3.08. The monoisotopic (exact) mass is 237 g/mol. The molecule has 0 amide bonds. The number of fused-ring (bicyclic) bond motifs is 1. The predicted molar refractivity (Wildman–Crippen MR) is 65.4 cm³/mol. The molecule has 2 rings (SSSR count). The van der Waals surface area contributed by atoms with E-state index in [1.165, 1.54) is 12.3 Å². The molecule has 5 nitrogen and oxygen atoms in total. The summed E-state index contributed by atoms with van der Waals surface area (Å²) < 4.78 is 4.98. The van der Waals surface area contributed by atoms with Gasteiger partial charge in [0.05, 0.1) is 0 Å². The molecule has 0 fully saturated rings. The number of hydrogen-bond acceptors (Lipinski definition) is 5. The second-order valence-electron chi connectivity index (χ2n) is 3.43. The van der Waals surface area contributed by atoms with Gasteiger partial charge in [0.2, 0.25) is 0 Å². The lowest BCUT2D eigenvalue weighted by atomic mass is 10.2. The summed E-state index contributed by atoms with van der Waals surface area (Å²) in [5.74, 6) is 0. The zero-order valence-corrected chi connectivity index (χ0v) is 9.18. The van der Waals surface area contributed by atoms with E-state index in [-0.39, 0.29) is 5.57 Å². The number of hydrogen-bond donors (Lipinski definition) is 1. The molecule has 0 saturated carbocycles. The highest BCUT2D eigenvalue weighted by Gasteiger charge is 1.98. The van der Waals surface area contributed by atoms with Crippen LogP contribution in [0.15, 0.2) is 51.3 Å². The van der Waals surface area contributed by atoms with Gasteiger partial charge in [-0.3, -0.25) is 0 Å². The van der Waals surface area contributed by atoms with E-state index in [1.807, 2.05) is 0 Å². The van der Waals surface area contributed by atoms with Crippen molar-refractivity contribution in [1.82, 2.24) is 0 Å². The molecule has 0 saturated heterocycles. The summed E-state index contributed by atoms with van der Waals surface area (Å²) in [5, 5.41) is 20.7. The van der Waals surface area contributed by atoms with Crippen LogP contribution in [0, 0.1) is 22.7 Å². The molecule has 1 aromatic carbocycles. The molecule has 0 unspecified atom stereocenters. The fourth-order valence-electron chi connectivity index (χ4n) is 1.41. The van der Waals surface area contributed by atoms with Gasteiger partial charge in [0.1, 0.15) is 23.3 Å². The maximum atomic E-state index is 11.0. The third kappa shape index (κ3) is 2.37. The van der Waals surface area contributed by atoms with Crippen molar-refractivity contribution in [3.05, 3.63) is 52.5 Å². The first-order chi connectivity index (χ1) is 8.72. The van der Waals surface area contributed by atoms with Gasteiger partial charge >= 0.3 is 5.63 Å². The minimum absolute atomic E-state index is 0.0188. The fourth-order valence-corrected chi connectivity index (χ4v) is 1.41. The summed E-state index contributed by atoms with van der Waals surface area (Å²) >= 11 is 0. The van der Waals surface area contributed by atoms with Gasteiger partial charge in [-0.25, -0.2) is 4.79 Å². The van der Waals surface area contributed by atoms with E-state index in [4.69, 9.17) is 14.9 Å². The van der Waals surface area contributed by atoms with Crippen LogP contribution in [0.2, 0.25) is 0 Å². The van der Waals surface area contributed by atoms with Crippen molar-refractivity contribution >= 4 is 16.7 Å². The van der Waals surface area contributed by atoms with Gasteiger partial charge in [-0.05, 0) is 24.3 Å². The van der Waals surface area contributed by atoms with Gasteiger partial charge in [0, 0.05) is 23.3 Å². The summed E-state index contributed by atoms with van der Waals surface area (Å²) in [6, 6.07) is 11.5. The normalized spacial score (nSPS) is 9.22. The maximum absolute atomic E-state index is 11.0. The molecule has 5 heteroatoms. The van der Waals surface area contributed by atoms with E-state index >= 15 is 0 Å². The molecule has 0 aliphatic carbocycles. The van der Waals surface area contributed by atoms with Crippen LogP contribution in [0.5, 0.6) is 0 Å². The molecule has 0 radical (unpaired) electrons. The lowest BCUT2D eigenvalue weighted by Gasteiger charge is -2.01. The first kappa shape index (κ1) is 11.4. The second kappa shape index (κ2) is 4.86. The van der Waals surface area contributed by atoms with Gasteiger partial charge < -0.3 is 9.73 Å². The smallest absolute Gasteiger partial charge is 0.336 e. The molecule has 1 aromatic heterocycles. The number of nitrogens with zero attached hydrogens (tertiary/aromatic N) is 2. The molecular weight excluding hydrogens is 230 g/mol. The standard InChI is InChI=1S/C13H7N3O2/c14-6-9(7-15)8-16-11-2-3-12-10(5-11)1-4-13(17)18-12/h1-5,8,16H. The largest absolute Gasteiger partial charge is 0.423 e. The number of nitriles is 2. The Labute approximate surface area is 102 Å². The summed E-state index contributed by atoms with van der Waals surface area (Å²) in [5.41, 5.74) is 0.756. The highest BCUT2D eigenvalue weighted by atomic mass is 16.4. The van der Waals surface area contributed by atoms with Crippen molar-refractivity contribution < 1.29 is 4.42 Å². The number of nitrogens with one attached hydrogen (secondary N) is 1. The molecule has 1 N–H and O–H groups in total. The molecule has 0 spiro atoms. The Balaban J connectivity index is 2.35. The van der Waals surface area contributed by atoms with Crippen molar-refractivity contribution in [2.45, 2.75) is 0 Å². The van der Waals surface area contributed by atoms with Gasteiger partial charge in [-0.2, -0.15) is 10.5 Å². The molecule has 1 heterocycles. The zero-order chi connectivity index (χ0) is 13.0. The molecule has 0 bridgehead atoms. The molecule has 86 valence electrons. The maximum Gasteiger partial charge on any atom is 0.336 e. The van der Waals surface area contributed by atoms with Crippen LogP contribution < -0.4 is 10.9 Å². The molecular formula is C13H7N3O2. The van der Waals surface area contributed by atoms with Crippen LogP contribution in [0.25, 0.3) is 11.0 Å². The summed E-state index contributed by atoms with van der Waals surface area (Å²) in [6.07, 6.45) is 1.32. The van der Waals surface area contributed by atoms with Crippen LogP contribution in [0.4, 0.5) is 5.69 Å². The van der Waals surface area contributed by atoms with Crippen LogP contribution >= 0.6 is 0 Å². The summed E-state index contributed by atoms with van der Waals surface area (Å²) in [7, 11) is 0. The molecule has 18 heavy (non-hydrogen) atoms. The zero-order valence-electron chi connectivity index (χ0n) is 9.18. The van der Waals surface area contributed by atoms with Gasteiger partial charge in [-0.15, -0.1) is 0 Å². The highest BCUT2D eigenvalue weighted by molar-refractivity contribution is 5.80. The van der Waals surface area contributed by atoms with Crippen molar-refractivity contribution in [2.75, 3.05) is 5.32 Å². The van der Waals surface area contributed by atoms with Gasteiger partial charge in [0.25, 0.3) is 0 Å². The van der Waals surface area contributed by atoms with Crippen molar-refractivity contribution in [3.8, 4) is 12.1 Å². The first-order valence-electron chi connectivity index (χ1n) is 5.04. The van der Waals surface area contributed by atoms with E-state index in [2.05, 4.69) is 5.32 Å². The average molecular weight is 237 g/mol. The van der Waals surface area contributed by atoms with Gasteiger partial charge in [0.15, 0.2) is 0 Å². The highest BCUT2D eigenvalue weighted by Crippen LogP contribution is 2.17. The lowest BCUT2D eigenvalue weighted by molar-refractivity contribution is 0.561. The molecule has 0 atom stereocenters. The minimum atomic E-state index is -0.403. The average Bonchev–Trinajstić information content (AvgIpc) is 2.40. The second-order valence-corrected chi connectivity index (χ2v) is 3.43. The number of allylic oxidation sites excluding steroid dienone is 1. The fraction of sp³-hybridized carbons (Fsp3) is 0. The quantitative estimate of drug-likeness (QED) is 0.638. The Hall–Kier alpha value is -3.05. The van der Waals surface area contributed by atoms with E-state index in [1.54, 1.807) is 36.4 Å². The molecule has 2 aromatic rings. The van der Waals surface area contributed by atoms with E-state index in [0.717, 1.165) is 5.39 Å². The molecule has 0 aliphatic heterocycles. The Morgan fingerprint density at radius 3 is 2.72 bits per heavy atom. The number of benzene rings is 1. The number of anilines is 1. The SMILES string of the molecule is N#CC(C#N)=CNc1ccc2oc(=O)ccc2c1. The predicted octanol–water partition coefficient (Wildman–Crippen LogP) is 2.14. The van der Waals surface area contributed by atoms with Crippen LogP contribution in [-0.4, -0.2) is 0 Å². The van der Waals surface area contributed by atoms with Crippen molar-refractivity contribution in [1.29, 1.82) is 10.5 Å². The van der Waals surface area contributed by atoms with E-state index < -0.39 is 5.63 Å². The first-order valence-corrected chi connectivity index (χ1v) is 5.04. The van der Waals surface area contributed by atoms with Crippen LogP contribution in [0.3, 0.4) is 0 Å². The Morgan fingerprint density at radius 2 is 2.00 bits per heavy atom. The molecule has 0 aliphatic rings. The van der Waals surface area contributed by atoms with Crippen LogP contribution in [-0.2, 0) is 0 Å². The third-order valence-electron chi connectivity index (χ3n) is 2.24. The lowest BCUT2D eigenvalue weighted by Crippen LogP contribution is -1.95. The van der Waals surface area contributed by atoms with Crippen molar-refractivity contribution in [3.63, 3.8) is 0 Å². The van der Waals surface area contributed by atoms with E-state index in [0.29, 0.717) is 11.3 Å². The van der Waals surface area contributed by atoms with E-state index in [9.17, 15) is 4.79 Å². The Bertz CT molecular complexity index is 744. The van der Waals surface area contributed by atoms with Crippen LogP contribution in [0.1, 0.15) is 0 Å². The Morgan fingerprint density at radius 1 is 1.22 bits per heavy atom. The topological polar surface area (TPSA) is 89.8 Å². The third-order valence-corrected chi connectivity index (χ3v) is 2.24. The number of rotatable bonds is 2. The summed E-state index contributed by atoms with van der Waals surface area (Å²) in [4.78, 5) is 11.0. The van der Waals surface area contributed by atoms with Crippen molar-refractivity contribution in [2.24, 2.45) is 0 Å². The minimum Gasteiger partial charge on any atom is -0.423 e. The summed E-state index contributed by atoms with van der Waals surface area (Å²) in [6.45, 7) is 0. The van der Waals surface area contributed by atoms with Gasteiger partial charge in [-0.1, -0.05) is 0 Å².